The average molecular weight is 254 g/mol. The second-order valence-corrected chi connectivity index (χ2v) is 3.94. The molecule has 0 saturated carbocycles. The predicted molar refractivity (Wildman–Crippen MR) is 70.7 cm³/mol. The van der Waals surface area contributed by atoms with Crippen LogP contribution in [-0.2, 0) is 11.3 Å². The highest BCUT2D eigenvalue weighted by Gasteiger charge is 2.12. The molecule has 4 nitrogen and oxygen atoms in total. The van der Waals surface area contributed by atoms with E-state index in [0.29, 0.717) is 23.9 Å². The second-order valence-electron chi connectivity index (χ2n) is 3.94. The summed E-state index contributed by atoms with van der Waals surface area (Å²) >= 11 is 0. The molecule has 0 heterocycles. The number of unbranched alkanes of at least 4 members (excludes halogenated alkanes) is 1. The largest absolute Gasteiger partial charge is 0.493 e. The summed E-state index contributed by atoms with van der Waals surface area (Å²) in [6.07, 6.45) is 2.21. The predicted octanol–water partition coefficient (Wildman–Crippen LogP) is 3.03. The first-order valence-corrected chi connectivity index (χ1v) is 6.13. The molecule has 0 aromatic heterocycles. The molecule has 0 atom stereocenters. The lowest BCUT2D eigenvalue weighted by molar-refractivity contribution is 0.117. The molecule has 1 aromatic rings. The Hall–Kier alpha value is -1.42. The molecule has 0 unspecified atom stereocenters. The summed E-state index contributed by atoms with van der Waals surface area (Å²) in [6.45, 7) is 3.46. The van der Waals surface area contributed by atoms with Gasteiger partial charge in [-0.25, -0.2) is 0 Å². The van der Waals surface area contributed by atoms with E-state index in [2.05, 4.69) is 6.92 Å². The molecule has 0 spiro atoms. The third-order valence-electron chi connectivity index (χ3n) is 2.64. The van der Waals surface area contributed by atoms with E-state index in [1.54, 1.807) is 21.3 Å². The van der Waals surface area contributed by atoms with Crippen molar-refractivity contribution in [2.24, 2.45) is 0 Å². The minimum Gasteiger partial charge on any atom is -0.493 e. The number of benzene rings is 1. The first-order chi connectivity index (χ1) is 8.76. The van der Waals surface area contributed by atoms with E-state index in [1.165, 1.54) is 0 Å². The van der Waals surface area contributed by atoms with Crippen LogP contribution in [-0.4, -0.2) is 27.9 Å². The Morgan fingerprint density at radius 3 is 2.00 bits per heavy atom. The van der Waals surface area contributed by atoms with E-state index in [9.17, 15) is 0 Å². The van der Waals surface area contributed by atoms with Crippen molar-refractivity contribution in [1.29, 1.82) is 0 Å². The van der Waals surface area contributed by atoms with Gasteiger partial charge in [0, 0.05) is 6.61 Å². The molecule has 0 amide bonds. The molecular formula is C14H22O4. The zero-order valence-electron chi connectivity index (χ0n) is 11.6. The van der Waals surface area contributed by atoms with Crippen molar-refractivity contribution in [2.75, 3.05) is 27.9 Å². The van der Waals surface area contributed by atoms with E-state index in [1.807, 2.05) is 12.1 Å². The molecule has 18 heavy (non-hydrogen) atoms. The van der Waals surface area contributed by atoms with E-state index < -0.39 is 0 Å². The van der Waals surface area contributed by atoms with Crippen molar-refractivity contribution in [3.05, 3.63) is 17.7 Å². The number of methoxy groups -OCH3 is 3. The summed E-state index contributed by atoms with van der Waals surface area (Å²) in [5.41, 5.74) is 1.01. The van der Waals surface area contributed by atoms with Gasteiger partial charge < -0.3 is 18.9 Å². The van der Waals surface area contributed by atoms with Crippen molar-refractivity contribution >= 4 is 0 Å². The van der Waals surface area contributed by atoms with Crippen molar-refractivity contribution in [2.45, 2.75) is 26.4 Å². The van der Waals surface area contributed by atoms with Crippen molar-refractivity contribution in [3.8, 4) is 17.2 Å². The fourth-order valence-electron chi connectivity index (χ4n) is 1.66. The number of ether oxygens (including phenoxy) is 4. The van der Waals surface area contributed by atoms with Gasteiger partial charge in [-0.15, -0.1) is 0 Å². The molecule has 1 aromatic carbocycles. The van der Waals surface area contributed by atoms with Gasteiger partial charge >= 0.3 is 0 Å². The normalized spacial score (nSPS) is 10.2. The first-order valence-electron chi connectivity index (χ1n) is 6.13. The fourth-order valence-corrected chi connectivity index (χ4v) is 1.66. The van der Waals surface area contributed by atoms with Crippen LogP contribution < -0.4 is 14.2 Å². The standard InChI is InChI=1S/C14H22O4/c1-5-6-7-18-10-11-8-12(15-2)14(17-4)13(9-11)16-3/h8-9H,5-7,10H2,1-4H3. The van der Waals surface area contributed by atoms with Crippen molar-refractivity contribution in [3.63, 3.8) is 0 Å². The maximum absolute atomic E-state index is 5.58. The summed E-state index contributed by atoms with van der Waals surface area (Å²) in [5, 5.41) is 0. The Bertz CT molecular complexity index is 338. The summed E-state index contributed by atoms with van der Waals surface area (Å²) < 4.78 is 21.4. The van der Waals surface area contributed by atoms with Gasteiger partial charge in [-0.05, 0) is 24.1 Å². The molecule has 0 aliphatic rings. The zero-order valence-corrected chi connectivity index (χ0v) is 11.6. The monoisotopic (exact) mass is 254 g/mol. The van der Waals surface area contributed by atoms with Crippen LogP contribution in [0.4, 0.5) is 0 Å². The number of hydrogen-bond donors (Lipinski definition) is 0. The number of rotatable bonds is 8. The highest BCUT2D eigenvalue weighted by molar-refractivity contribution is 5.53. The fraction of sp³-hybridized carbons (Fsp3) is 0.571. The van der Waals surface area contributed by atoms with Crippen molar-refractivity contribution in [1.82, 2.24) is 0 Å². The lowest BCUT2D eigenvalue weighted by atomic mass is 10.2. The molecule has 0 fully saturated rings. The summed E-state index contributed by atoms with van der Waals surface area (Å²) in [6, 6.07) is 3.82. The van der Waals surface area contributed by atoms with E-state index >= 15 is 0 Å². The van der Waals surface area contributed by atoms with E-state index in [4.69, 9.17) is 18.9 Å². The Morgan fingerprint density at radius 2 is 1.56 bits per heavy atom. The van der Waals surface area contributed by atoms with Crippen LogP contribution >= 0.6 is 0 Å². The van der Waals surface area contributed by atoms with Gasteiger partial charge in [0.2, 0.25) is 5.75 Å². The first kappa shape index (κ1) is 14.6. The number of hydrogen-bond acceptors (Lipinski definition) is 4. The topological polar surface area (TPSA) is 36.9 Å². The van der Waals surface area contributed by atoms with Crippen LogP contribution in [0, 0.1) is 0 Å². The molecule has 4 heteroatoms. The Kier molecular flexibility index (Phi) is 6.36. The third-order valence-corrected chi connectivity index (χ3v) is 2.64. The molecule has 0 aliphatic carbocycles. The highest BCUT2D eigenvalue weighted by Crippen LogP contribution is 2.38. The highest BCUT2D eigenvalue weighted by atomic mass is 16.5. The zero-order chi connectivity index (χ0) is 13.4. The lowest BCUT2D eigenvalue weighted by Gasteiger charge is -2.14. The van der Waals surface area contributed by atoms with Gasteiger partial charge in [0.15, 0.2) is 11.5 Å². The van der Waals surface area contributed by atoms with E-state index in [-0.39, 0.29) is 0 Å². The van der Waals surface area contributed by atoms with Gasteiger partial charge in [0.1, 0.15) is 0 Å². The van der Waals surface area contributed by atoms with Crippen LogP contribution in [0.25, 0.3) is 0 Å². The maximum atomic E-state index is 5.58. The van der Waals surface area contributed by atoms with Gasteiger partial charge in [-0.3, -0.25) is 0 Å². The molecular weight excluding hydrogens is 232 g/mol. The summed E-state index contributed by atoms with van der Waals surface area (Å²) in [4.78, 5) is 0. The Labute approximate surface area is 109 Å². The smallest absolute Gasteiger partial charge is 0.203 e. The molecule has 102 valence electrons. The van der Waals surface area contributed by atoms with E-state index in [0.717, 1.165) is 25.0 Å². The summed E-state index contributed by atoms with van der Waals surface area (Å²) in [5.74, 6) is 1.93. The third kappa shape index (κ3) is 3.81. The second kappa shape index (κ2) is 7.82. The average Bonchev–Trinajstić information content (AvgIpc) is 2.42. The van der Waals surface area contributed by atoms with Crippen molar-refractivity contribution < 1.29 is 18.9 Å². The minimum absolute atomic E-state index is 0.552. The molecule has 0 N–H and O–H groups in total. The SMILES string of the molecule is CCCCOCc1cc(OC)c(OC)c(OC)c1. The Balaban J connectivity index is 2.80. The van der Waals surface area contributed by atoms with Crippen LogP contribution in [0.3, 0.4) is 0 Å². The molecule has 0 saturated heterocycles. The van der Waals surface area contributed by atoms with Crippen LogP contribution in [0.1, 0.15) is 25.3 Å². The molecule has 0 bridgehead atoms. The van der Waals surface area contributed by atoms with Gasteiger partial charge in [-0.2, -0.15) is 0 Å². The molecule has 1 rings (SSSR count). The maximum Gasteiger partial charge on any atom is 0.203 e. The minimum atomic E-state index is 0.552. The van der Waals surface area contributed by atoms with Crippen LogP contribution in [0.15, 0.2) is 12.1 Å². The Morgan fingerprint density at radius 1 is 0.944 bits per heavy atom. The lowest BCUT2D eigenvalue weighted by Crippen LogP contribution is -1.99. The van der Waals surface area contributed by atoms with Gasteiger partial charge in [0.25, 0.3) is 0 Å². The molecule has 0 radical (unpaired) electrons. The van der Waals surface area contributed by atoms with Gasteiger partial charge in [-0.1, -0.05) is 13.3 Å². The van der Waals surface area contributed by atoms with Gasteiger partial charge in [0.05, 0.1) is 27.9 Å². The quantitative estimate of drug-likeness (QED) is 0.668. The van der Waals surface area contributed by atoms with Crippen LogP contribution in [0.5, 0.6) is 17.2 Å². The van der Waals surface area contributed by atoms with Crippen LogP contribution in [0.2, 0.25) is 0 Å². The molecule has 0 aliphatic heterocycles. The summed E-state index contributed by atoms with van der Waals surface area (Å²) in [7, 11) is 4.82.